The van der Waals surface area contributed by atoms with Crippen molar-refractivity contribution in [1.29, 1.82) is 0 Å². The van der Waals surface area contributed by atoms with Crippen LogP contribution in [0.2, 0.25) is 0 Å². The first kappa shape index (κ1) is 28.2. The predicted molar refractivity (Wildman–Crippen MR) is 68.5 cm³/mol. The summed E-state index contributed by atoms with van der Waals surface area (Å²) < 4.78 is 0. The van der Waals surface area contributed by atoms with Crippen LogP contribution in [-0.4, -0.2) is 35.3 Å². The van der Waals surface area contributed by atoms with Gasteiger partial charge in [0.15, 0.2) is 0 Å². The molecule has 0 bridgehead atoms. The zero-order chi connectivity index (χ0) is 17.1. The second-order valence-corrected chi connectivity index (χ2v) is 2.84. The van der Waals surface area contributed by atoms with Gasteiger partial charge in [-0.3, -0.25) is 14.4 Å². The second kappa shape index (κ2) is 24.1. The zero-order valence-corrected chi connectivity index (χ0v) is 12.9. The number of rotatable bonds is 6. The molecule has 0 aromatic heterocycles. The molecule has 0 aliphatic heterocycles. The minimum Gasteiger partial charge on any atom is -0.662 e. The summed E-state index contributed by atoms with van der Waals surface area (Å²) >= 11 is 0. The standard InChI is InChI=1S/3C4H6O3.Al/c3*1-2-3-4(5)7-6;/h3*2,6H,1,3H2;/q;;;+3/p-3. The number of hydrogen-bond acceptors (Lipinski definition) is 9. The van der Waals surface area contributed by atoms with E-state index in [-0.39, 0.29) is 36.6 Å². The molecule has 0 fully saturated rings. The molecule has 0 amide bonds. The maximum absolute atomic E-state index is 9.81. The van der Waals surface area contributed by atoms with E-state index >= 15 is 0 Å². The van der Waals surface area contributed by atoms with Crippen molar-refractivity contribution in [1.82, 2.24) is 0 Å². The van der Waals surface area contributed by atoms with Crippen molar-refractivity contribution in [2.45, 2.75) is 19.3 Å². The molecule has 0 rings (SSSR count). The summed E-state index contributed by atoms with van der Waals surface area (Å²) in [6, 6.07) is 0. The molecule has 0 atom stereocenters. The molecule has 0 saturated carbocycles. The van der Waals surface area contributed by atoms with Gasteiger partial charge in [-0.05, 0) is 0 Å². The smallest absolute Gasteiger partial charge is 0.662 e. The quantitative estimate of drug-likeness (QED) is 0.228. The number of carbonyl (C=O) groups excluding carboxylic acids is 3. The molecule has 0 N–H and O–H groups in total. The maximum Gasteiger partial charge on any atom is 3.00 e. The van der Waals surface area contributed by atoms with Gasteiger partial charge in [0.1, 0.15) is 0 Å². The van der Waals surface area contributed by atoms with Gasteiger partial charge in [-0.1, -0.05) is 18.2 Å². The Kier molecular flexibility index (Phi) is 30.9. The number of hydrogen-bond donors (Lipinski definition) is 0. The van der Waals surface area contributed by atoms with Crippen molar-refractivity contribution in [2.75, 3.05) is 0 Å². The summed E-state index contributed by atoms with van der Waals surface area (Å²) in [5.74, 6) is -2.39. The van der Waals surface area contributed by atoms with E-state index in [2.05, 4.69) is 34.4 Å². The van der Waals surface area contributed by atoms with Crippen molar-refractivity contribution in [3.05, 3.63) is 38.0 Å². The van der Waals surface area contributed by atoms with Gasteiger partial charge in [0.05, 0.1) is 19.3 Å². The van der Waals surface area contributed by atoms with E-state index in [1.54, 1.807) is 0 Å². The molecule has 120 valence electrons. The first-order valence-corrected chi connectivity index (χ1v) is 5.23. The first-order chi connectivity index (χ1) is 9.92. The Morgan fingerprint density at radius 3 is 0.909 bits per heavy atom. The summed E-state index contributed by atoms with van der Waals surface area (Å²) in [6.07, 6.45) is 3.89. The molecule has 0 aromatic carbocycles. The van der Waals surface area contributed by atoms with Gasteiger partial charge in [0, 0.05) is 0 Å². The monoisotopic (exact) mass is 330 g/mol. The van der Waals surface area contributed by atoms with Gasteiger partial charge in [0.2, 0.25) is 0 Å². The van der Waals surface area contributed by atoms with Crippen LogP contribution in [0.15, 0.2) is 38.0 Å². The third-order valence-corrected chi connectivity index (χ3v) is 1.21. The summed E-state index contributed by atoms with van der Waals surface area (Å²) in [7, 11) is 0. The Labute approximate surface area is 138 Å². The maximum atomic E-state index is 9.81. The Bertz CT molecular complexity index is 289. The fourth-order valence-corrected chi connectivity index (χ4v) is 0.456. The van der Waals surface area contributed by atoms with Crippen LogP contribution in [0.25, 0.3) is 0 Å². The van der Waals surface area contributed by atoms with Crippen LogP contribution in [0.3, 0.4) is 0 Å². The van der Waals surface area contributed by atoms with Crippen LogP contribution in [0.4, 0.5) is 0 Å². The van der Waals surface area contributed by atoms with E-state index in [0.29, 0.717) is 0 Å². The van der Waals surface area contributed by atoms with Gasteiger partial charge < -0.3 is 30.4 Å². The van der Waals surface area contributed by atoms with E-state index in [1.165, 1.54) is 18.2 Å². The molecule has 0 saturated heterocycles. The minimum absolute atomic E-state index is 0. The van der Waals surface area contributed by atoms with Crippen molar-refractivity contribution >= 4 is 35.3 Å². The fraction of sp³-hybridized carbons (Fsp3) is 0.250. The largest absolute Gasteiger partial charge is 3.00 e. The molecule has 9 nitrogen and oxygen atoms in total. The molecule has 0 spiro atoms. The van der Waals surface area contributed by atoms with Crippen LogP contribution in [0.5, 0.6) is 0 Å². The average Bonchev–Trinajstić information content (AvgIpc) is 2.49. The molecule has 0 unspecified atom stereocenters. The zero-order valence-electron chi connectivity index (χ0n) is 11.7. The molecule has 22 heavy (non-hydrogen) atoms. The SMILES string of the molecule is C=CCC(=O)O[O-].C=CCC(=O)O[O-].C=CCC(=O)O[O-].[Al+3]. The topological polar surface area (TPSA) is 148 Å². The van der Waals surface area contributed by atoms with Gasteiger partial charge in [-0.25, -0.2) is 0 Å². The molecule has 0 radical (unpaired) electrons. The third-order valence-electron chi connectivity index (χ3n) is 1.21. The van der Waals surface area contributed by atoms with E-state index in [1.807, 2.05) is 0 Å². The van der Waals surface area contributed by atoms with Crippen LogP contribution in [0, 0.1) is 0 Å². The van der Waals surface area contributed by atoms with E-state index in [4.69, 9.17) is 15.8 Å². The Hall–Kier alpha value is -1.96. The van der Waals surface area contributed by atoms with E-state index in [9.17, 15) is 14.4 Å². The van der Waals surface area contributed by atoms with Crippen LogP contribution >= 0.6 is 0 Å². The molecule has 0 aliphatic carbocycles. The second-order valence-electron chi connectivity index (χ2n) is 2.84. The molecule has 10 heteroatoms. The normalized spacial score (nSPS) is 7.23. The Balaban J connectivity index is -0.000000108. The van der Waals surface area contributed by atoms with Gasteiger partial charge in [-0.2, -0.15) is 0 Å². The van der Waals surface area contributed by atoms with Crippen molar-refractivity contribution in [3.63, 3.8) is 0 Å². The summed E-state index contributed by atoms with van der Waals surface area (Å²) in [4.78, 5) is 38.5. The van der Waals surface area contributed by atoms with Crippen molar-refractivity contribution in [2.24, 2.45) is 0 Å². The summed E-state index contributed by atoms with van der Waals surface area (Å²) in [5, 5.41) is 27.4. The third kappa shape index (κ3) is 30.8. The van der Waals surface area contributed by atoms with Gasteiger partial charge in [0.25, 0.3) is 0 Å². The fourth-order valence-electron chi connectivity index (χ4n) is 0.456. The molecule has 0 aromatic rings. The molecule has 0 heterocycles. The summed E-state index contributed by atoms with van der Waals surface area (Å²) in [6.45, 7) is 9.63. The Morgan fingerprint density at radius 1 is 0.682 bits per heavy atom. The van der Waals surface area contributed by atoms with Crippen LogP contribution in [0.1, 0.15) is 19.3 Å². The van der Waals surface area contributed by atoms with Gasteiger partial charge >= 0.3 is 35.3 Å². The van der Waals surface area contributed by atoms with Gasteiger partial charge in [-0.15, -0.1) is 19.7 Å². The van der Waals surface area contributed by atoms with Crippen molar-refractivity contribution < 1.29 is 44.8 Å². The molecular weight excluding hydrogens is 315 g/mol. The minimum atomic E-state index is -0.796. The Morgan fingerprint density at radius 2 is 0.864 bits per heavy atom. The molecular formula is C12H15AlO9. The van der Waals surface area contributed by atoms with E-state index in [0.717, 1.165) is 0 Å². The number of carbonyl (C=O) groups is 3. The first-order valence-electron chi connectivity index (χ1n) is 5.23. The average molecular weight is 330 g/mol. The summed E-state index contributed by atoms with van der Waals surface area (Å²) in [5.41, 5.74) is 0. The van der Waals surface area contributed by atoms with Crippen LogP contribution < -0.4 is 15.8 Å². The van der Waals surface area contributed by atoms with Crippen LogP contribution in [-0.2, 0) is 29.0 Å². The van der Waals surface area contributed by atoms with E-state index < -0.39 is 17.9 Å². The molecule has 0 aliphatic rings. The van der Waals surface area contributed by atoms with Crippen molar-refractivity contribution in [3.8, 4) is 0 Å². The predicted octanol–water partition coefficient (Wildman–Crippen LogP) is -2.24.